The van der Waals surface area contributed by atoms with Gasteiger partial charge in [-0.15, -0.1) is 6.58 Å². The van der Waals surface area contributed by atoms with Gasteiger partial charge in [-0.2, -0.15) is 4.98 Å². The summed E-state index contributed by atoms with van der Waals surface area (Å²) in [7, 11) is 1.49. The van der Waals surface area contributed by atoms with Crippen molar-refractivity contribution in [3.63, 3.8) is 0 Å². The lowest BCUT2D eigenvalue weighted by atomic mass is 10.1. The Kier molecular flexibility index (Phi) is 6.72. The van der Waals surface area contributed by atoms with E-state index in [9.17, 15) is 14.9 Å². The van der Waals surface area contributed by atoms with Crippen LogP contribution in [0.5, 0.6) is 17.4 Å². The van der Waals surface area contributed by atoms with Crippen LogP contribution in [0.4, 0.5) is 11.5 Å². The zero-order valence-corrected chi connectivity index (χ0v) is 18.5. The molecule has 0 aliphatic carbocycles. The van der Waals surface area contributed by atoms with Crippen LogP contribution in [0.1, 0.15) is 16.1 Å². The van der Waals surface area contributed by atoms with Gasteiger partial charge in [-0.1, -0.05) is 18.2 Å². The van der Waals surface area contributed by atoms with Gasteiger partial charge in [0.2, 0.25) is 5.82 Å². The fraction of sp³-hybridized carbons (Fsp3) is 0.261. The molecule has 0 N–H and O–H groups in total. The fourth-order valence-electron chi connectivity index (χ4n) is 3.75. The second kappa shape index (κ2) is 10.0. The molecule has 34 heavy (non-hydrogen) atoms. The number of anilines is 1. The summed E-state index contributed by atoms with van der Waals surface area (Å²) in [6, 6.07) is 8.57. The van der Waals surface area contributed by atoms with Gasteiger partial charge < -0.3 is 23.7 Å². The minimum atomic E-state index is -0.562. The molecule has 2 aromatic heterocycles. The predicted molar refractivity (Wildman–Crippen MR) is 122 cm³/mol. The van der Waals surface area contributed by atoms with Crippen molar-refractivity contribution >= 4 is 17.4 Å². The molecule has 1 fully saturated rings. The van der Waals surface area contributed by atoms with Crippen molar-refractivity contribution in [1.82, 2.24) is 14.9 Å². The molecule has 0 spiro atoms. The molecule has 11 nitrogen and oxygen atoms in total. The SMILES string of the molecule is C=CCc1cccc(OC)c1Oc1ncnc(N2CCN(C(=O)c3ccco3)CC2)c1[N+](=O)[O-]. The topological polar surface area (TPSA) is 124 Å². The number of carbonyl (C=O) groups excluding carboxylic acids is 1. The number of piperazine rings is 1. The number of para-hydroxylation sites is 1. The molecule has 0 unspecified atom stereocenters. The van der Waals surface area contributed by atoms with Crippen molar-refractivity contribution in [3.05, 3.63) is 77.0 Å². The fourth-order valence-corrected chi connectivity index (χ4v) is 3.75. The Bertz CT molecular complexity index is 1190. The van der Waals surface area contributed by atoms with E-state index in [2.05, 4.69) is 16.5 Å². The number of aromatic nitrogens is 2. The molecule has 3 aromatic rings. The molecule has 0 saturated carbocycles. The van der Waals surface area contributed by atoms with Crippen LogP contribution in [0, 0.1) is 10.1 Å². The lowest BCUT2D eigenvalue weighted by Crippen LogP contribution is -2.49. The van der Waals surface area contributed by atoms with E-state index in [0.717, 1.165) is 5.56 Å². The highest BCUT2D eigenvalue weighted by Gasteiger charge is 2.32. The molecular formula is C23H23N5O6. The largest absolute Gasteiger partial charge is 0.493 e. The number of carbonyl (C=O) groups is 1. The van der Waals surface area contributed by atoms with E-state index in [1.54, 1.807) is 40.1 Å². The van der Waals surface area contributed by atoms with Crippen LogP contribution >= 0.6 is 0 Å². The molecule has 1 amide bonds. The number of hydrogen-bond donors (Lipinski definition) is 0. The summed E-state index contributed by atoms with van der Waals surface area (Å²) in [5.74, 6) is 0.700. The quantitative estimate of drug-likeness (QED) is 0.279. The highest BCUT2D eigenvalue weighted by molar-refractivity contribution is 5.91. The summed E-state index contributed by atoms with van der Waals surface area (Å²) >= 11 is 0. The van der Waals surface area contributed by atoms with Crippen LogP contribution in [0.25, 0.3) is 0 Å². The number of benzene rings is 1. The first-order valence-corrected chi connectivity index (χ1v) is 10.5. The molecule has 11 heteroatoms. The van der Waals surface area contributed by atoms with Gasteiger partial charge >= 0.3 is 11.6 Å². The number of rotatable bonds is 8. The summed E-state index contributed by atoms with van der Waals surface area (Å²) in [6.45, 7) is 5.15. The molecule has 1 saturated heterocycles. The molecule has 1 aromatic carbocycles. The number of ether oxygens (including phenoxy) is 2. The van der Waals surface area contributed by atoms with Gasteiger partial charge in [-0.3, -0.25) is 14.9 Å². The van der Waals surface area contributed by atoms with Gasteiger partial charge in [0.1, 0.15) is 6.33 Å². The lowest BCUT2D eigenvalue weighted by molar-refractivity contribution is -0.385. The Balaban J connectivity index is 1.60. The van der Waals surface area contributed by atoms with E-state index in [1.165, 1.54) is 19.7 Å². The van der Waals surface area contributed by atoms with Gasteiger partial charge in [0.15, 0.2) is 17.3 Å². The van der Waals surface area contributed by atoms with Crippen LogP contribution in [-0.4, -0.2) is 59.0 Å². The first-order valence-electron chi connectivity index (χ1n) is 10.5. The van der Waals surface area contributed by atoms with Gasteiger partial charge in [0.25, 0.3) is 5.91 Å². The summed E-state index contributed by atoms with van der Waals surface area (Å²) in [5, 5.41) is 12.1. The number of nitrogens with zero attached hydrogens (tertiary/aromatic N) is 5. The summed E-state index contributed by atoms with van der Waals surface area (Å²) in [5.41, 5.74) is 0.387. The third-order valence-electron chi connectivity index (χ3n) is 5.39. The lowest BCUT2D eigenvalue weighted by Gasteiger charge is -2.34. The second-order valence-electron chi connectivity index (χ2n) is 7.41. The van der Waals surface area contributed by atoms with Crippen LogP contribution in [-0.2, 0) is 6.42 Å². The third-order valence-corrected chi connectivity index (χ3v) is 5.39. The van der Waals surface area contributed by atoms with Crippen LogP contribution in [0.2, 0.25) is 0 Å². The predicted octanol–water partition coefficient (Wildman–Crippen LogP) is 3.47. The number of methoxy groups -OCH3 is 1. The number of nitro groups is 1. The van der Waals surface area contributed by atoms with E-state index in [0.29, 0.717) is 44.1 Å². The Hall–Kier alpha value is -4.41. The first-order chi connectivity index (χ1) is 16.5. The zero-order valence-electron chi connectivity index (χ0n) is 18.5. The number of allylic oxidation sites excluding steroid dienone is 1. The van der Waals surface area contributed by atoms with Crippen LogP contribution in [0.3, 0.4) is 0 Å². The van der Waals surface area contributed by atoms with Crippen LogP contribution in [0.15, 0.2) is 60.0 Å². The van der Waals surface area contributed by atoms with Crippen molar-refractivity contribution in [1.29, 1.82) is 0 Å². The summed E-state index contributed by atoms with van der Waals surface area (Å²) in [4.78, 5) is 35.6. The van der Waals surface area contributed by atoms with Crippen molar-refractivity contribution in [3.8, 4) is 17.4 Å². The molecule has 0 radical (unpaired) electrons. The Morgan fingerprint density at radius 2 is 2.03 bits per heavy atom. The average molecular weight is 465 g/mol. The van der Waals surface area contributed by atoms with Crippen molar-refractivity contribution in [2.45, 2.75) is 6.42 Å². The Labute approximate surface area is 195 Å². The van der Waals surface area contributed by atoms with Crippen molar-refractivity contribution in [2.75, 3.05) is 38.2 Å². The molecule has 1 aliphatic heterocycles. The molecular weight excluding hydrogens is 442 g/mol. The minimum Gasteiger partial charge on any atom is -0.493 e. The third kappa shape index (κ3) is 4.53. The monoisotopic (exact) mass is 465 g/mol. The number of amides is 1. The van der Waals surface area contributed by atoms with E-state index < -0.39 is 4.92 Å². The summed E-state index contributed by atoms with van der Waals surface area (Å²) in [6.07, 6.45) is 4.84. The van der Waals surface area contributed by atoms with E-state index >= 15 is 0 Å². The van der Waals surface area contributed by atoms with E-state index in [-0.39, 0.29) is 29.1 Å². The van der Waals surface area contributed by atoms with Crippen LogP contribution < -0.4 is 14.4 Å². The molecule has 3 heterocycles. The maximum absolute atomic E-state index is 12.5. The maximum atomic E-state index is 12.5. The number of furan rings is 1. The average Bonchev–Trinajstić information content (AvgIpc) is 3.39. The number of hydrogen-bond acceptors (Lipinski definition) is 9. The normalized spacial score (nSPS) is 13.4. The Morgan fingerprint density at radius 3 is 2.68 bits per heavy atom. The Morgan fingerprint density at radius 1 is 1.24 bits per heavy atom. The zero-order chi connectivity index (χ0) is 24.1. The second-order valence-corrected chi connectivity index (χ2v) is 7.41. The smallest absolute Gasteiger partial charge is 0.373 e. The van der Waals surface area contributed by atoms with Crippen molar-refractivity contribution < 1.29 is 23.6 Å². The van der Waals surface area contributed by atoms with Gasteiger partial charge in [-0.05, 0) is 24.6 Å². The van der Waals surface area contributed by atoms with Gasteiger partial charge in [0.05, 0.1) is 18.3 Å². The van der Waals surface area contributed by atoms with Gasteiger partial charge in [-0.25, -0.2) is 4.98 Å². The van der Waals surface area contributed by atoms with E-state index in [1.807, 2.05) is 6.07 Å². The standard InChI is InChI=1S/C23H23N5O6/c1-3-6-16-7-4-8-17(32-2)20(16)34-22-19(28(30)31)21(24-15-25-22)26-10-12-27(13-11-26)23(29)18-9-5-14-33-18/h3-5,7-9,14-15H,1,6,10-13H2,2H3. The highest BCUT2D eigenvalue weighted by atomic mass is 16.6. The molecule has 1 aliphatic rings. The molecule has 4 rings (SSSR count). The molecule has 0 bridgehead atoms. The molecule has 0 atom stereocenters. The summed E-state index contributed by atoms with van der Waals surface area (Å²) < 4.78 is 16.5. The minimum absolute atomic E-state index is 0.125. The van der Waals surface area contributed by atoms with Gasteiger partial charge in [0, 0.05) is 31.7 Å². The molecule has 176 valence electrons. The van der Waals surface area contributed by atoms with E-state index in [4.69, 9.17) is 13.9 Å². The highest BCUT2D eigenvalue weighted by Crippen LogP contribution is 2.41. The maximum Gasteiger partial charge on any atom is 0.373 e. The first kappa shape index (κ1) is 22.8. The van der Waals surface area contributed by atoms with Crippen molar-refractivity contribution in [2.24, 2.45) is 0 Å².